The summed E-state index contributed by atoms with van der Waals surface area (Å²) in [4.78, 5) is 11.7. The summed E-state index contributed by atoms with van der Waals surface area (Å²) in [6, 6.07) is 10.9. The molecule has 98 valence electrons. The molecule has 0 aliphatic heterocycles. The largest absolute Gasteiger partial charge is 0.323 e. The number of amides is 2. The number of nitrogens with one attached hydrogen (secondary N) is 2. The van der Waals surface area contributed by atoms with E-state index in [-0.39, 0.29) is 10.7 Å². The lowest BCUT2D eigenvalue weighted by Gasteiger charge is -2.09. The smallest absolute Gasteiger partial charge is 0.308 e. The van der Waals surface area contributed by atoms with Crippen LogP contribution in [-0.2, 0) is 0 Å². The summed E-state index contributed by atoms with van der Waals surface area (Å²) in [6.45, 7) is 0. The summed E-state index contributed by atoms with van der Waals surface area (Å²) in [7, 11) is 0. The maximum Gasteiger partial charge on any atom is 0.323 e. The van der Waals surface area contributed by atoms with E-state index in [0.717, 1.165) is 4.47 Å². The zero-order valence-corrected chi connectivity index (χ0v) is 11.9. The van der Waals surface area contributed by atoms with Crippen molar-refractivity contribution in [2.45, 2.75) is 0 Å². The maximum atomic E-state index is 13.6. The Hall–Kier alpha value is -1.59. The average Bonchev–Trinajstić information content (AvgIpc) is 2.35. The third kappa shape index (κ3) is 3.68. The predicted octanol–water partition coefficient (Wildman–Crippen LogP) is 4.89. The van der Waals surface area contributed by atoms with E-state index in [9.17, 15) is 9.18 Å². The van der Waals surface area contributed by atoms with E-state index < -0.39 is 11.8 Å². The molecule has 2 aromatic rings. The summed E-state index contributed by atoms with van der Waals surface area (Å²) in [6.07, 6.45) is 0. The fourth-order valence-electron chi connectivity index (χ4n) is 1.45. The Morgan fingerprint density at radius 1 is 1.16 bits per heavy atom. The summed E-state index contributed by atoms with van der Waals surface area (Å²) in [5.41, 5.74) is 0.620. The highest BCUT2D eigenvalue weighted by Crippen LogP contribution is 2.22. The van der Waals surface area contributed by atoms with Crippen molar-refractivity contribution >= 4 is 44.9 Å². The second kappa shape index (κ2) is 6.04. The molecule has 0 saturated carbocycles. The third-order valence-corrected chi connectivity index (χ3v) is 3.07. The minimum absolute atomic E-state index is 0.0278. The molecule has 3 nitrogen and oxygen atoms in total. The lowest BCUT2D eigenvalue weighted by molar-refractivity contribution is 0.262. The van der Waals surface area contributed by atoms with Crippen LogP contribution in [-0.4, -0.2) is 6.03 Å². The van der Waals surface area contributed by atoms with E-state index in [1.54, 1.807) is 24.3 Å². The van der Waals surface area contributed by atoms with E-state index in [0.29, 0.717) is 5.69 Å². The third-order valence-electron chi connectivity index (χ3n) is 2.28. The molecule has 0 radical (unpaired) electrons. The van der Waals surface area contributed by atoms with Crippen molar-refractivity contribution in [3.8, 4) is 0 Å². The number of rotatable bonds is 2. The van der Waals surface area contributed by atoms with Crippen LogP contribution in [0, 0.1) is 5.82 Å². The van der Waals surface area contributed by atoms with E-state index in [1.807, 2.05) is 6.07 Å². The van der Waals surface area contributed by atoms with Crippen LogP contribution in [0.2, 0.25) is 5.02 Å². The Bertz CT molecular complexity index is 621. The Kier molecular flexibility index (Phi) is 4.39. The van der Waals surface area contributed by atoms with Gasteiger partial charge in [-0.3, -0.25) is 0 Å². The summed E-state index contributed by atoms with van der Waals surface area (Å²) < 4.78 is 14.4. The molecule has 0 aliphatic carbocycles. The van der Waals surface area contributed by atoms with E-state index in [4.69, 9.17) is 11.6 Å². The number of hydrogen-bond donors (Lipinski definition) is 2. The Balaban J connectivity index is 2.08. The van der Waals surface area contributed by atoms with Gasteiger partial charge in [-0.05, 0) is 30.3 Å². The van der Waals surface area contributed by atoms with E-state index in [1.165, 1.54) is 12.1 Å². The highest BCUT2D eigenvalue weighted by atomic mass is 79.9. The second-order valence-corrected chi connectivity index (χ2v) is 5.01. The van der Waals surface area contributed by atoms with Crippen molar-refractivity contribution < 1.29 is 9.18 Å². The van der Waals surface area contributed by atoms with Crippen LogP contribution in [0.15, 0.2) is 46.9 Å². The maximum absolute atomic E-state index is 13.6. The first-order chi connectivity index (χ1) is 9.06. The fraction of sp³-hybridized carbons (Fsp3) is 0. The fourth-order valence-corrected chi connectivity index (χ4v) is 2.03. The zero-order chi connectivity index (χ0) is 13.8. The SMILES string of the molecule is O=C(Nc1cccc(Br)c1)Nc1cccc(Cl)c1F. The molecule has 6 heteroatoms. The van der Waals surface area contributed by atoms with Gasteiger partial charge in [0, 0.05) is 10.2 Å². The van der Waals surface area contributed by atoms with Gasteiger partial charge in [0.15, 0.2) is 5.82 Å². The normalized spacial score (nSPS) is 10.1. The van der Waals surface area contributed by atoms with Gasteiger partial charge in [0.2, 0.25) is 0 Å². The highest BCUT2D eigenvalue weighted by molar-refractivity contribution is 9.10. The van der Waals surface area contributed by atoms with Crippen LogP contribution in [0.4, 0.5) is 20.6 Å². The zero-order valence-electron chi connectivity index (χ0n) is 9.58. The molecule has 0 aliphatic rings. The molecule has 0 atom stereocenters. The molecule has 0 unspecified atom stereocenters. The van der Waals surface area contributed by atoms with Gasteiger partial charge >= 0.3 is 6.03 Å². The van der Waals surface area contributed by atoms with Gasteiger partial charge in [-0.1, -0.05) is 39.7 Å². The minimum Gasteiger partial charge on any atom is -0.308 e. The first kappa shape index (κ1) is 13.8. The van der Waals surface area contributed by atoms with Crippen LogP contribution in [0.25, 0.3) is 0 Å². The summed E-state index contributed by atoms with van der Waals surface area (Å²) in [5.74, 6) is -0.659. The van der Waals surface area contributed by atoms with E-state index >= 15 is 0 Å². The van der Waals surface area contributed by atoms with Gasteiger partial charge in [0.25, 0.3) is 0 Å². The van der Waals surface area contributed by atoms with Crippen LogP contribution in [0.1, 0.15) is 0 Å². The topological polar surface area (TPSA) is 41.1 Å². The first-order valence-electron chi connectivity index (χ1n) is 5.34. The van der Waals surface area contributed by atoms with Crippen molar-refractivity contribution in [1.82, 2.24) is 0 Å². The first-order valence-corrected chi connectivity index (χ1v) is 6.51. The van der Waals surface area contributed by atoms with Gasteiger partial charge in [-0.2, -0.15) is 0 Å². The lowest BCUT2D eigenvalue weighted by atomic mass is 10.3. The van der Waals surface area contributed by atoms with Crippen molar-refractivity contribution in [1.29, 1.82) is 0 Å². The second-order valence-electron chi connectivity index (χ2n) is 3.69. The van der Waals surface area contributed by atoms with Crippen molar-refractivity contribution in [3.63, 3.8) is 0 Å². The molecule has 0 bridgehead atoms. The van der Waals surface area contributed by atoms with E-state index in [2.05, 4.69) is 26.6 Å². The number of hydrogen-bond acceptors (Lipinski definition) is 1. The molecule has 2 aromatic carbocycles. The van der Waals surface area contributed by atoms with Gasteiger partial charge in [0.05, 0.1) is 10.7 Å². The standard InChI is InChI=1S/C13H9BrClFN2O/c14-8-3-1-4-9(7-8)17-13(19)18-11-6-2-5-10(15)12(11)16/h1-7H,(H2,17,18,19). The van der Waals surface area contributed by atoms with Crippen molar-refractivity contribution in [2.24, 2.45) is 0 Å². The quantitative estimate of drug-likeness (QED) is 0.801. The Morgan fingerprint density at radius 2 is 1.89 bits per heavy atom. The van der Waals surface area contributed by atoms with Crippen LogP contribution < -0.4 is 10.6 Å². The van der Waals surface area contributed by atoms with Gasteiger partial charge in [0.1, 0.15) is 0 Å². The number of carbonyl (C=O) groups is 1. The summed E-state index contributed by atoms with van der Waals surface area (Å²) in [5, 5.41) is 4.94. The number of urea groups is 1. The molecule has 2 N–H and O–H groups in total. The Labute approximate surface area is 122 Å². The van der Waals surface area contributed by atoms with Crippen LogP contribution in [0.5, 0.6) is 0 Å². The Morgan fingerprint density at radius 3 is 2.63 bits per heavy atom. The molecule has 19 heavy (non-hydrogen) atoms. The molecule has 0 spiro atoms. The van der Waals surface area contributed by atoms with Crippen molar-refractivity contribution in [3.05, 3.63) is 57.8 Å². The molecular formula is C13H9BrClFN2O. The molecule has 0 heterocycles. The molecule has 2 amide bonds. The van der Waals surface area contributed by atoms with Crippen LogP contribution in [0.3, 0.4) is 0 Å². The monoisotopic (exact) mass is 342 g/mol. The lowest BCUT2D eigenvalue weighted by Crippen LogP contribution is -2.20. The highest BCUT2D eigenvalue weighted by Gasteiger charge is 2.09. The molecule has 0 fully saturated rings. The summed E-state index contributed by atoms with van der Waals surface area (Å²) >= 11 is 8.92. The number of benzene rings is 2. The van der Waals surface area contributed by atoms with Gasteiger partial charge in [-0.15, -0.1) is 0 Å². The molecule has 0 saturated heterocycles. The number of halogens is 3. The average molecular weight is 344 g/mol. The number of carbonyl (C=O) groups excluding carboxylic acids is 1. The molecule has 0 aromatic heterocycles. The van der Waals surface area contributed by atoms with Crippen LogP contribution >= 0.6 is 27.5 Å². The van der Waals surface area contributed by atoms with Gasteiger partial charge in [-0.25, -0.2) is 9.18 Å². The number of anilines is 2. The van der Waals surface area contributed by atoms with Gasteiger partial charge < -0.3 is 10.6 Å². The predicted molar refractivity (Wildman–Crippen MR) is 78.2 cm³/mol. The molecular weight excluding hydrogens is 335 g/mol. The molecule has 2 rings (SSSR count). The minimum atomic E-state index is -0.659. The van der Waals surface area contributed by atoms with Crippen molar-refractivity contribution in [2.75, 3.05) is 10.6 Å².